The van der Waals surface area contributed by atoms with Crippen molar-refractivity contribution in [3.8, 4) is 23.0 Å². The van der Waals surface area contributed by atoms with E-state index in [1.165, 1.54) is 12.4 Å². The Hall–Kier alpha value is -5.24. The SMILES string of the molecule is C[C@@H]1CN(c2ncnc3c2c(-c2ccccc2F)cn3-c2cc(C#N)ccn2)[C@@H](C)CN1C(=O)c1ncccn1. The molecular formula is C29H24FN9O. The molecule has 1 aromatic carbocycles. The molecule has 4 aromatic heterocycles. The zero-order chi connectivity index (χ0) is 27.8. The van der Waals surface area contributed by atoms with Crippen LogP contribution in [-0.4, -0.2) is 65.5 Å². The van der Waals surface area contributed by atoms with E-state index in [9.17, 15) is 10.1 Å². The number of carbonyl (C=O) groups excluding carboxylic acids is 1. The minimum Gasteiger partial charge on any atom is -0.349 e. The molecule has 0 bridgehead atoms. The summed E-state index contributed by atoms with van der Waals surface area (Å²) in [5.74, 6) is 0.658. The molecule has 0 N–H and O–H groups in total. The van der Waals surface area contributed by atoms with Gasteiger partial charge in [0.25, 0.3) is 5.91 Å². The van der Waals surface area contributed by atoms with Crippen LogP contribution in [0.4, 0.5) is 10.2 Å². The maximum Gasteiger partial charge on any atom is 0.292 e. The van der Waals surface area contributed by atoms with E-state index in [-0.39, 0.29) is 29.6 Å². The van der Waals surface area contributed by atoms with Crippen LogP contribution < -0.4 is 4.90 Å². The van der Waals surface area contributed by atoms with Gasteiger partial charge in [-0.15, -0.1) is 0 Å². The molecule has 1 amide bonds. The molecule has 1 saturated heterocycles. The minimum absolute atomic E-state index is 0.126. The van der Waals surface area contributed by atoms with E-state index in [4.69, 9.17) is 0 Å². The Morgan fingerprint density at radius 1 is 0.950 bits per heavy atom. The summed E-state index contributed by atoms with van der Waals surface area (Å²) in [6, 6.07) is 13.3. The largest absolute Gasteiger partial charge is 0.349 e. The second kappa shape index (κ2) is 10.1. The molecule has 0 radical (unpaired) electrons. The van der Waals surface area contributed by atoms with Crippen molar-refractivity contribution in [1.29, 1.82) is 5.26 Å². The summed E-state index contributed by atoms with van der Waals surface area (Å²) >= 11 is 0. The second-order valence-electron chi connectivity index (χ2n) is 9.68. The van der Waals surface area contributed by atoms with Gasteiger partial charge in [-0.05, 0) is 38.1 Å². The lowest BCUT2D eigenvalue weighted by molar-refractivity contribution is 0.0631. The van der Waals surface area contributed by atoms with Crippen LogP contribution in [0.3, 0.4) is 0 Å². The molecule has 0 spiro atoms. The first kappa shape index (κ1) is 25.1. The number of aromatic nitrogens is 6. The number of fused-ring (bicyclic) bond motifs is 1. The molecule has 0 saturated carbocycles. The number of nitrogens with zero attached hydrogens (tertiary/aromatic N) is 9. The Morgan fingerprint density at radius 3 is 2.52 bits per heavy atom. The van der Waals surface area contributed by atoms with E-state index in [0.717, 1.165) is 0 Å². The number of nitriles is 1. The first-order valence-electron chi connectivity index (χ1n) is 12.8. The highest BCUT2D eigenvalue weighted by atomic mass is 19.1. The zero-order valence-electron chi connectivity index (χ0n) is 21.8. The van der Waals surface area contributed by atoms with Gasteiger partial charge in [-0.25, -0.2) is 29.3 Å². The molecule has 11 heteroatoms. The molecule has 1 fully saturated rings. The average Bonchev–Trinajstić information content (AvgIpc) is 3.38. The van der Waals surface area contributed by atoms with Crippen LogP contribution in [0.5, 0.6) is 0 Å². The number of carbonyl (C=O) groups is 1. The summed E-state index contributed by atoms with van der Waals surface area (Å²) in [4.78, 5) is 39.0. The number of pyridine rings is 1. The maximum absolute atomic E-state index is 15.2. The molecule has 198 valence electrons. The van der Waals surface area contributed by atoms with E-state index in [1.807, 2.05) is 13.8 Å². The quantitative estimate of drug-likeness (QED) is 0.340. The third-order valence-corrected chi connectivity index (χ3v) is 7.12. The Morgan fingerprint density at radius 2 is 1.75 bits per heavy atom. The number of rotatable bonds is 4. The standard InChI is InChI=1S/C29H24FN9O/c1-18-15-38(29(40)26-33-9-5-10-34-26)19(2)14-37(18)27-25-22(21-6-3-4-7-23(21)30)16-39(28(25)36-17-35-27)24-12-20(13-31)8-11-32-24/h3-12,16-19H,14-15H2,1-2H3/t18-,19+/m0/s1. The zero-order valence-corrected chi connectivity index (χ0v) is 21.8. The van der Waals surface area contributed by atoms with Crippen LogP contribution in [0.15, 0.2) is 73.6 Å². The van der Waals surface area contributed by atoms with Crippen LogP contribution in [0, 0.1) is 17.1 Å². The lowest BCUT2D eigenvalue weighted by atomic mass is 10.0. The van der Waals surface area contributed by atoms with Gasteiger partial charge in [-0.2, -0.15) is 5.26 Å². The van der Waals surface area contributed by atoms with Crippen molar-refractivity contribution in [2.24, 2.45) is 0 Å². The van der Waals surface area contributed by atoms with Gasteiger partial charge in [0.15, 0.2) is 5.65 Å². The predicted molar refractivity (Wildman–Crippen MR) is 146 cm³/mol. The summed E-state index contributed by atoms with van der Waals surface area (Å²) in [7, 11) is 0. The van der Waals surface area contributed by atoms with Gasteiger partial charge in [0.2, 0.25) is 5.82 Å². The van der Waals surface area contributed by atoms with Crippen molar-refractivity contribution in [2.75, 3.05) is 18.0 Å². The number of hydrogen-bond donors (Lipinski definition) is 0. The number of halogens is 1. The molecular weight excluding hydrogens is 509 g/mol. The molecule has 5 aromatic rings. The van der Waals surface area contributed by atoms with Crippen molar-refractivity contribution in [3.05, 3.63) is 90.8 Å². The highest BCUT2D eigenvalue weighted by Gasteiger charge is 2.35. The van der Waals surface area contributed by atoms with E-state index in [2.05, 4.69) is 35.9 Å². The second-order valence-corrected chi connectivity index (χ2v) is 9.68. The van der Waals surface area contributed by atoms with Crippen LogP contribution in [0.2, 0.25) is 0 Å². The summed E-state index contributed by atoms with van der Waals surface area (Å²) < 4.78 is 16.9. The normalized spacial score (nSPS) is 17.1. The van der Waals surface area contributed by atoms with E-state index >= 15 is 4.39 Å². The fourth-order valence-electron chi connectivity index (χ4n) is 5.18. The molecule has 0 unspecified atom stereocenters. The van der Waals surface area contributed by atoms with Crippen molar-refractivity contribution >= 4 is 22.8 Å². The molecule has 0 aliphatic carbocycles. The summed E-state index contributed by atoms with van der Waals surface area (Å²) in [5.41, 5.74) is 1.97. The van der Waals surface area contributed by atoms with Crippen molar-refractivity contribution in [2.45, 2.75) is 25.9 Å². The minimum atomic E-state index is -0.380. The molecule has 2 atom stereocenters. The predicted octanol–water partition coefficient (Wildman–Crippen LogP) is 4.02. The maximum atomic E-state index is 15.2. The number of benzene rings is 1. The van der Waals surface area contributed by atoms with Crippen LogP contribution in [-0.2, 0) is 0 Å². The van der Waals surface area contributed by atoms with Gasteiger partial charge >= 0.3 is 0 Å². The number of hydrogen-bond acceptors (Lipinski definition) is 8. The van der Waals surface area contributed by atoms with Crippen LogP contribution in [0.1, 0.15) is 30.0 Å². The molecule has 5 heterocycles. The first-order chi connectivity index (χ1) is 19.5. The van der Waals surface area contributed by atoms with E-state index in [1.54, 1.807) is 70.7 Å². The molecule has 10 nitrogen and oxygen atoms in total. The number of amides is 1. The Balaban J connectivity index is 1.47. The molecule has 1 aliphatic heterocycles. The van der Waals surface area contributed by atoms with Gasteiger partial charge in [0.05, 0.1) is 17.0 Å². The third-order valence-electron chi connectivity index (χ3n) is 7.12. The summed E-state index contributed by atoms with van der Waals surface area (Å²) in [5, 5.41) is 10.1. The van der Waals surface area contributed by atoms with Gasteiger partial charge < -0.3 is 9.80 Å². The van der Waals surface area contributed by atoms with Crippen molar-refractivity contribution in [1.82, 2.24) is 34.4 Å². The fraction of sp³-hybridized carbons (Fsp3) is 0.207. The van der Waals surface area contributed by atoms with Gasteiger partial charge in [0, 0.05) is 61.1 Å². The van der Waals surface area contributed by atoms with Gasteiger partial charge in [-0.1, -0.05) is 18.2 Å². The van der Waals surface area contributed by atoms with Crippen LogP contribution >= 0.6 is 0 Å². The highest BCUT2D eigenvalue weighted by Crippen LogP contribution is 2.39. The van der Waals surface area contributed by atoms with E-state index < -0.39 is 0 Å². The van der Waals surface area contributed by atoms with Crippen molar-refractivity contribution < 1.29 is 9.18 Å². The molecule has 1 aliphatic rings. The molecule has 40 heavy (non-hydrogen) atoms. The fourth-order valence-corrected chi connectivity index (χ4v) is 5.18. The third kappa shape index (κ3) is 4.29. The Kier molecular flexibility index (Phi) is 6.36. The lowest BCUT2D eigenvalue weighted by Crippen LogP contribution is -2.58. The van der Waals surface area contributed by atoms with Crippen molar-refractivity contribution in [3.63, 3.8) is 0 Å². The van der Waals surface area contributed by atoms with E-state index in [0.29, 0.717) is 52.4 Å². The number of anilines is 1. The highest BCUT2D eigenvalue weighted by molar-refractivity contribution is 6.02. The van der Waals surface area contributed by atoms with Crippen LogP contribution in [0.25, 0.3) is 28.0 Å². The Labute approximate surface area is 229 Å². The molecule has 6 rings (SSSR count). The van der Waals surface area contributed by atoms with Gasteiger partial charge in [0.1, 0.15) is 23.8 Å². The summed E-state index contributed by atoms with van der Waals surface area (Å²) in [6.07, 6.45) is 7.92. The number of piperazine rings is 1. The summed E-state index contributed by atoms with van der Waals surface area (Å²) in [6.45, 7) is 4.89. The topological polar surface area (TPSA) is 117 Å². The van der Waals surface area contributed by atoms with Gasteiger partial charge in [-0.3, -0.25) is 9.36 Å². The monoisotopic (exact) mass is 533 g/mol. The lowest BCUT2D eigenvalue weighted by Gasteiger charge is -2.44. The Bertz CT molecular complexity index is 1760. The first-order valence-corrected chi connectivity index (χ1v) is 12.8. The smallest absolute Gasteiger partial charge is 0.292 e. The average molecular weight is 534 g/mol.